The molecule has 0 N–H and O–H groups in total. The first kappa shape index (κ1) is 26.9. The molecule has 0 radical (unpaired) electrons. The Labute approximate surface area is 223 Å². The van der Waals surface area contributed by atoms with Gasteiger partial charge >= 0.3 is 0 Å². The van der Waals surface area contributed by atoms with Gasteiger partial charge in [-0.3, -0.25) is 9.97 Å². The first-order valence-electron chi connectivity index (χ1n) is 12.5. The van der Waals surface area contributed by atoms with Crippen LogP contribution in [0.4, 0.5) is 0 Å². The third-order valence-electron chi connectivity index (χ3n) is 6.58. The molecule has 0 spiro atoms. The lowest BCUT2D eigenvalue weighted by molar-refractivity contribution is 0.0235. The van der Waals surface area contributed by atoms with E-state index in [0.717, 1.165) is 12.8 Å². The van der Waals surface area contributed by atoms with Crippen LogP contribution < -0.4 is 0 Å². The summed E-state index contributed by atoms with van der Waals surface area (Å²) in [5.74, 6) is 0. The molecule has 38 heavy (non-hydrogen) atoms. The molecule has 2 fully saturated rings. The summed E-state index contributed by atoms with van der Waals surface area (Å²) in [7, 11) is -8.01. The van der Waals surface area contributed by atoms with Crippen molar-refractivity contribution >= 4 is 20.0 Å². The summed E-state index contributed by atoms with van der Waals surface area (Å²) in [6.45, 7) is 1.05. The molecule has 4 heterocycles. The molecule has 202 valence electrons. The standard InChI is InChI=1S/C26H30N4O6S2/c31-37(32,29(25-9-5-17-35-25)19-21-7-1-3-15-27-21)23-11-13-24(14-12-23)38(33,34)30(26-10-6-18-36-26)20-22-8-2-4-16-28-22/h1-4,7-8,11-16,25-26H,5-6,9-10,17-20H2. The molecule has 0 amide bonds. The number of hydrogen-bond acceptors (Lipinski definition) is 8. The molecule has 2 atom stereocenters. The van der Waals surface area contributed by atoms with E-state index >= 15 is 0 Å². The minimum Gasteiger partial charge on any atom is -0.362 e. The Morgan fingerprint density at radius 3 is 1.39 bits per heavy atom. The van der Waals surface area contributed by atoms with Gasteiger partial charge in [-0.1, -0.05) is 12.1 Å². The first-order valence-corrected chi connectivity index (χ1v) is 15.4. The average Bonchev–Trinajstić information content (AvgIpc) is 3.67. The predicted octanol–water partition coefficient (Wildman–Crippen LogP) is 3.13. The van der Waals surface area contributed by atoms with Crippen molar-refractivity contribution in [2.45, 2.75) is 61.0 Å². The van der Waals surface area contributed by atoms with Crippen LogP contribution in [-0.2, 0) is 42.6 Å². The fourth-order valence-electron chi connectivity index (χ4n) is 4.62. The van der Waals surface area contributed by atoms with Gasteiger partial charge in [0.05, 0.1) is 34.3 Å². The van der Waals surface area contributed by atoms with Crippen LogP contribution >= 0.6 is 0 Å². The second-order valence-electron chi connectivity index (χ2n) is 9.15. The lowest BCUT2D eigenvalue weighted by atomic mass is 10.3. The normalized spacial score (nSPS) is 20.4. The molecule has 2 saturated heterocycles. The molecule has 2 unspecified atom stereocenters. The van der Waals surface area contributed by atoms with Crippen LogP contribution in [0.2, 0.25) is 0 Å². The maximum atomic E-state index is 13.7. The summed E-state index contributed by atoms with van der Waals surface area (Å²) in [4.78, 5) is 8.51. The van der Waals surface area contributed by atoms with Gasteiger partial charge in [0, 0.05) is 25.6 Å². The van der Waals surface area contributed by atoms with Crippen LogP contribution in [0.25, 0.3) is 0 Å². The Hall–Kier alpha value is -2.74. The Morgan fingerprint density at radius 1 is 0.658 bits per heavy atom. The summed E-state index contributed by atoms with van der Waals surface area (Å²) in [6.07, 6.45) is 4.65. The number of ether oxygens (including phenoxy) is 2. The zero-order chi connectivity index (χ0) is 26.6. The molecular formula is C26H30N4O6S2. The monoisotopic (exact) mass is 558 g/mol. The van der Waals surface area contributed by atoms with Crippen LogP contribution in [0, 0.1) is 0 Å². The van der Waals surface area contributed by atoms with Gasteiger partial charge in [-0.2, -0.15) is 8.61 Å². The smallest absolute Gasteiger partial charge is 0.245 e. The van der Waals surface area contributed by atoms with Crippen molar-refractivity contribution in [3.8, 4) is 0 Å². The third kappa shape index (κ3) is 5.80. The SMILES string of the molecule is O=S(=O)(c1ccc(S(=O)(=O)N(Cc2ccccn2)C2CCCO2)cc1)N(Cc1ccccn1)C1CCCO1. The molecule has 5 rings (SSSR count). The van der Waals surface area contributed by atoms with E-state index in [-0.39, 0.29) is 22.9 Å². The van der Waals surface area contributed by atoms with Gasteiger partial charge in [0.15, 0.2) is 0 Å². The van der Waals surface area contributed by atoms with E-state index in [2.05, 4.69) is 9.97 Å². The van der Waals surface area contributed by atoms with E-state index in [1.807, 2.05) is 0 Å². The summed E-state index contributed by atoms with van der Waals surface area (Å²) in [5, 5.41) is 0. The minimum atomic E-state index is -4.00. The van der Waals surface area contributed by atoms with Crippen molar-refractivity contribution < 1.29 is 26.3 Å². The van der Waals surface area contributed by atoms with Crippen molar-refractivity contribution in [3.63, 3.8) is 0 Å². The zero-order valence-corrected chi connectivity index (χ0v) is 22.4. The third-order valence-corrected chi connectivity index (χ3v) is 10.3. The van der Waals surface area contributed by atoms with Gasteiger partial charge in [0.25, 0.3) is 0 Å². The first-order chi connectivity index (χ1) is 18.4. The molecule has 2 aliphatic heterocycles. The van der Waals surface area contributed by atoms with Crippen molar-refractivity contribution in [3.05, 3.63) is 84.4 Å². The van der Waals surface area contributed by atoms with E-state index in [0.29, 0.717) is 37.4 Å². The molecule has 1 aromatic carbocycles. The highest BCUT2D eigenvalue weighted by atomic mass is 32.2. The number of nitrogens with zero attached hydrogens (tertiary/aromatic N) is 4. The molecule has 0 aliphatic carbocycles. The summed E-state index contributed by atoms with van der Waals surface area (Å²) < 4.78 is 68.8. The van der Waals surface area contributed by atoms with E-state index < -0.39 is 32.5 Å². The lowest BCUT2D eigenvalue weighted by Crippen LogP contribution is -2.40. The number of hydrogen-bond donors (Lipinski definition) is 0. The molecule has 10 nitrogen and oxygen atoms in total. The zero-order valence-electron chi connectivity index (χ0n) is 20.8. The van der Waals surface area contributed by atoms with Crippen molar-refractivity contribution in [2.75, 3.05) is 13.2 Å². The Morgan fingerprint density at radius 2 is 1.08 bits per heavy atom. The molecule has 12 heteroatoms. The largest absolute Gasteiger partial charge is 0.362 e. The highest BCUT2D eigenvalue weighted by Gasteiger charge is 2.37. The van der Waals surface area contributed by atoms with E-state index in [1.165, 1.54) is 32.9 Å². The van der Waals surface area contributed by atoms with Crippen LogP contribution in [0.1, 0.15) is 37.1 Å². The molecule has 2 aromatic heterocycles. The van der Waals surface area contributed by atoms with Crippen LogP contribution in [-0.4, -0.2) is 61.1 Å². The van der Waals surface area contributed by atoms with Gasteiger partial charge in [-0.25, -0.2) is 16.8 Å². The van der Waals surface area contributed by atoms with Crippen LogP contribution in [0.15, 0.2) is 82.8 Å². The van der Waals surface area contributed by atoms with E-state index in [9.17, 15) is 16.8 Å². The highest BCUT2D eigenvalue weighted by Crippen LogP contribution is 2.30. The van der Waals surface area contributed by atoms with E-state index in [4.69, 9.17) is 9.47 Å². The fourth-order valence-corrected chi connectivity index (χ4v) is 7.67. The number of rotatable bonds is 10. The van der Waals surface area contributed by atoms with Crippen LogP contribution in [0.5, 0.6) is 0 Å². The molecule has 2 aliphatic rings. The Balaban J connectivity index is 1.43. The number of aromatic nitrogens is 2. The maximum Gasteiger partial charge on any atom is 0.245 e. The second-order valence-corrected chi connectivity index (χ2v) is 12.9. The van der Waals surface area contributed by atoms with Crippen molar-refractivity contribution in [1.29, 1.82) is 0 Å². The fraction of sp³-hybridized carbons (Fsp3) is 0.385. The van der Waals surface area contributed by atoms with Gasteiger partial charge in [0.2, 0.25) is 20.0 Å². The van der Waals surface area contributed by atoms with Gasteiger partial charge in [0.1, 0.15) is 12.5 Å². The number of benzene rings is 1. The molecule has 0 saturated carbocycles. The molecular weight excluding hydrogens is 528 g/mol. The van der Waals surface area contributed by atoms with E-state index in [1.54, 1.807) is 48.8 Å². The summed E-state index contributed by atoms with van der Waals surface area (Å²) >= 11 is 0. The predicted molar refractivity (Wildman–Crippen MR) is 138 cm³/mol. The topological polar surface area (TPSA) is 119 Å². The van der Waals surface area contributed by atoms with Gasteiger partial charge < -0.3 is 9.47 Å². The number of pyridine rings is 2. The van der Waals surface area contributed by atoms with Gasteiger partial charge in [-0.05, 0) is 74.2 Å². The van der Waals surface area contributed by atoms with Gasteiger partial charge in [-0.15, -0.1) is 0 Å². The summed E-state index contributed by atoms with van der Waals surface area (Å²) in [5.41, 5.74) is 1.18. The van der Waals surface area contributed by atoms with Crippen LogP contribution in [0.3, 0.4) is 0 Å². The molecule has 0 bridgehead atoms. The molecule has 3 aromatic rings. The minimum absolute atomic E-state index is 0.0173. The summed E-state index contributed by atoms with van der Waals surface area (Å²) in [6, 6.07) is 16.0. The van der Waals surface area contributed by atoms with Crippen molar-refractivity contribution in [2.24, 2.45) is 0 Å². The average molecular weight is 559 g/mol. The van der Waals surface area contributed by atoms with Crippen molar-refractivity contribution in [1.82, 2.24) is 18.6 Å². The quantitative estimate of drug-likeness (QED) is 0.372. The highest BCUT2D eigenvalue weighted by molar-refractivity contribution is 7.89. The maximum absolute atomic E-state index is 13.7. The lowest BCUT2D eigenvalue weighted by Gasteiger charge is -2.28. The Kier molecular flexibility index (Phi) is 8.17. The second kappa shape index (κ2) is 11.6. The Bertz CT molecular complexity index is 1300. The number of sulfonamides is 2.